The minimum absolute atomic E-state index is 0.0486. The van der Waals surface area contributed by atoms with Crippen LogP contribution in [0.1, 0.15) is 52.7 Å². The van der Waals surface area contributed by atoms with Gasteiger partial charge in [-0.25, -0.2) is 18.4 Å². The first-order chi connectivity index (χ1) is 21.3. The van der Waals surface area contributed by atoms with Gasteiger partial charge in [0.05, 0.1) is 0 Å². The van der Waals surface area contributed by atoms with Crippen molar-refractivity contribution in [1.29, 1.82) is 0 Å². The quantitative estimate of drug-likeness (QED) is 0.360. The van der Waals surface area contributed by atoms with Crippen molar-refractivity contribution in [3.63, 3.8) is 0 Å². The normalized spacial score (nSPS) is 15.8. The first-order valence-electron chi connectivity index (χ1n) is 14.7. The minimum atomic E-state index is -0.599. The Morgan fingerprint density at radius 2 is 1.02 bits per heavy atom. The maximum atomic E-state index is 13.9. The average Bonchev–Trinajstić information content (AvgIpc) is 2.92. The van der Waals surface area contributed by atoms with E-state index in [1.165, 1.54) is 21.9 Å². The summed E-state index contributed by atoms with van der Waals surface area (Å²) in [6.07, 6.45) is -0.999. The molecule has 0 aliphatic carbocycles. The zero-order valence-corrected chi connectivity index (χ0v) is 30.0. The SMILES string of the molecule is CC(C)(C)OC(=O)N1CCN(Cc2ccc(Br)cc2F)C(=O)C1.CC(C)(C)OC(=O)N1CCN(Cc2ccc(Br)cc2F)C(=O)C1. The van der Waals surface area contributed by atoms with Crippen LogP contribution >= 0.6 is 31.9 Å². The monoisotopic (exact) mass is 772 g/mol. The summed E-state index contributed by atoms with van der Waals surface area (Å²) < 4.78 is 39.6. The van der Waals surface area contributed by atoms with Gasteiger partial charge in [0, 0.05) is 59.3 Å². The van der Waals surface area contributed by atoms with Gasteiger partial charge in [0.1, 0.15) is 35.9 Å². The second-order valence-electron chi connectivity index (χ2n) is 12.9. The molecular formula is C32H40Br2F2N4O6. The van der Waals surface area contributed by atoms with Gasteiger partial charge in [-0.15, -0.1) is 0 Å². The number of carbonyl (C=O) groups excluding carboxylic acids is 4. The molecule has 2 aromatic carbocycles. The van der Waals surface area contributed by atoms with Crippen molar-refractivity contribution in [2.24, 2.45) is 0 Å². The van der Waals surface area contributed by atoms with Crippen LogP contribution in [0.2, 0.25) is 0 Å². The second kappa shape index (κ2) is 15.6. The van der Waals surface area contributed by atoms with E-state index in [2.05, 4.69) is 31.9 Å². The summed E-state index contributed by atoms with van der Waals surface area (Å²) in [5.74, 6) is -1.16. The van der Waals surface area contributed by atoms with Gasteiger partial charge in [-0.1, -0.05) is 44.0 Å². The van der Waals surface area contributed by atoms with Crippen LogP contribution in [0, 0.1) is 11.6 Å². The fourth-order valence-corrected chi connectivity index (χ4v) is 5.09. The molecular weight excluding hydrogens is 734 g/mol. The van der Waals surface area contributed by atoms with Gasteiger partial charge in [-0.3, -0.25) is 19.4 Å². The number of benzene rings is 2. The molecule has 10 nitrogen and oxygen atoms in total. The highest BCUT2D eigenvalue weighted by Crippen LogP contribution is 2.20. The third-order valence-corrected chi connectivity index (χ3v) is 7.68. The van der Waals surface area contributed by atoms with Crippen LogP contribution in [0.25, 0.3) is 0 Å². The van der Waals surface area contributed by atoms with E-state index < -0.39 is 23.4 Å². The van der Waals surface area contributed by atoms with E-state index in [1.807, 2.05) is 0 Å². The molecule has 2 aliphatic rings. The topological polar surface area (TPSA) is 99.7 Å². The molecule has 0 atom stereocenters. The number of piperazine rings is 2. The van der Waals surface area contributed by atoms with E-state index >= 15 is 0 Å². The van der Waals surface area contributed by atoms with Crippen molar-refractivity contribution in [1.82, 2.24) is 19.6 Å². The van der Waals surface area contributed by atoms with Gasteiger partial charge in [-0.2, -0.15) is 0 Å². The summed E-state index contributed by atoms with van der Waals surface area (Å²) in [5, 5.41) is 0. The summed E-state index contributed by atoms with van der Waals surface area (Å²) in [5.41, 5.74) is -0.296. The van der Waals surface area contributed by atoms with E-state index in [9.17, 15) is 28.0 Å². The summed E-state index contributed by atoms with van der Waals surface area (Å²) in [6.45, 7) is 12.4. The Hall–Kier alpha value is -3.26. The van der Waals surface area contributed by atoms with E-state index in [-0.39, 0.29) is 49.6 Å². The Kier molecular flexibility index (Phi) is 12.6. The van der Waals surface area contributed by atoms with Crippen molar-refractivity contribution in [3.8, 4) is 0 Å². The molecule has 4 amide bonds. The lowest BCUT2D eigenvalue weighted by Gasteiger charge is -2.35. The molecule has 4 rings (SSSR count). The highest BCUT2D eigenvalue weighted by atomic mass is 79.9. The molecule has 0 aromatic heterocycles. The predicted molar refractivity (Wildman–Crippen MR) is 175 cm³/mol. The Bertz CT molecular complexity index is 1340. The van der Waals surface area contributed by atoms with Crippen molar-refractivity contribution in [2.45, 2.75) is 65.8 Å². The van der Waals surface area contributed by atoms with Gasteiger partial charge in [-0.05, 0) is 65.8 Å². The molecule has 0 unspecified atom stereocenters. The first-order valence-corrected chi connectivity index (χ1v) is 16.3. The highest BCUT2D eigenvalue weighted by molar-refractivity contribution is 9.10. The smallest absolute Gasteiger partial charge is 0.410 e. The largest absolute Gasteiger partial charge is 0.444 e. The van der Waals surface area contributed by atoms with Crippen molar-refractivity contribution < 1.29 is 37.4 Å². The number of amides is 4. The number of hydrogen-bond donors (Lipinski definition) is 0. The molecule has 0 spiro atoms. The molecule has 14 heteroatoms. The Balaban J connectivity index is 0.000000250. The van der Waals surface area contributed by atoms with Crippen LogP contribution in [-0.2, 0) is 32.2 Å². The predicted octanol–water partition coefficient (Wildman–Crippen LogP) is 6.34. The van der Waals surface area contributed by atoms with Crippen LogP contribution in [-0.4, -0.2) is 94.1 Å². The molecule has 0 radical (unpaired) electrons. The van der Waals surface area contributed by atoms with E-state index in [0.717, 1.165) is 0 Å². The maximum Gasteiger partial charge on any atom is 0.410 e. The number of halogens is 4. The van der Waals surface area contributed by atoms with Gasteiger partial charge in [0.15, 0.2) is 0 Å². The van der Waals surface area contributed by atoms with Gasteiger partial charge in [0.2, 0.25) is 11.8 Å². The zero-order chi connectivity index (χ0) is 34.4. The molecule has 2 heterocycles. The van der Waals surface area contributed by atoms with Crippen molar-refractivity contribution >= 4 is 55.9 Å². The standard InChI is InChI=1S/2C16H20BrFN2O3/c2*1-16(2,3)23-15(22)20-7-6-19(14(21)10-20)9-11-4-5-12(17)8-13(11)18/h2*4-5,8H,6-7,9-10H2,1-3H3. The maximum absolute atomic E-state index is 13.9. The van der Waals surface area contributed by atoms with E-state index in [1.54, 1.807) is 75.6 Å². The van der Waals surface area contributed by atoms with E-state index in [4.69, 9.17) is 9.47 Å². The summed E-state index contributed by atoms with van der Waals surface area (Å²) >= 11 is 6.40. The lowest BCUT2D eigenvalue weighted by Crippen LogP contribution is -2.52. The third kappa shape index (κ3) is 11.5. The van der Waals surface area contributed by atoms with Crippen molar-refractivity contribution in [2.75, 3.05) is 39.3 Å². The highest BCUT2D eigenvalue weighted by Gasteiger charge is 2.32. The molecule has 46 heavy (non-hydrogen) atoms. The zero-order valence-electron chi connectivity index (χ0n) is 26.9. The lowest BCUT2D eigenvalue weighted by molar-refractivity contribution is -0.137. The number of nitrogens with zero attached hydrogens (tertiary/aromatic N) is 4. The van der Waals surface area contributed by atoms with Gasteiger partial charge >= 0.3 is 12.2 Å². The number of hydrogen-bond acceptors (Lipinski definition) is 6. The van der Waals surface area contributed by atoms with Crippen LogP contribution in [0.3, 0.4) is 0 Å². The molecule has 0 N–H and O–H groups in total. The summed E-state index contributed by atoms with van der Waals surface area (Å²) in [7, 11) is 0. The van der Waals surface area contributed by atoms with Crippen LogP contribution in [0.15, 0.2) is 45.3 Å². The molecule has 2 saturated heterocycles. The van der Waals surface area contributed by atoms with Crippen LogP contribution < -0.4 is 0 Å². The Morgan fingerprint density at radius 3 is 1.30 bits per heavy atom. The number of ether oxygens (including phenoxy) is 2. The molecule has 2 fully saturated rings. The summed E-state index contributed by atoms with van der Waals surface area (Å²) in [6, 6.07) is 9.51. The summed E-state index contributed by atoms with van der Waals surface area (Å²) in [4.78, 5) is 54.2. The van der Waals surface area contributed by atoms with Crippen LogP contribution in [0.5, 0.6) is 0 Å². The lowest BCUT2D eigenvalue weighted by atomic mass is 10.2. The van der Waals surface area contributed by atoms with Crippen LogP contribution in [0.4, 0.5) is 18.4 Å². The molecule has 2 aliphatic heterocycles. The van der Waals surface area contributed by atoms with Gasteiger partial charge in [0.25, 0.3) is 0 Å². The van der Waals surface area contributed by atoms with Crippen molar-refractivity contribution in [3.05, 3.63) is 68.1 Å². The molecule has 2 aromatic rings. The second-order valence-corrected chi connectivity index (χ2v) is 14.7. The van der Waals surface area contributed by atoms with E-state index in [0.29, 0.717) is 46.3 Å². The molecule has 0 saturated carbocycles. The fraction of sp³-hybridized carbons (Fsp3) is 0.500. The molecule has 0 bridgehead atoms. The number of carbonyl (C=O) groups is 4. The first kappa shape index (κ1) is 37.2. The Morgan fingerprint density at radius 1 is 0.674 bits per heavy atom. The minimum Gasteiger partial charge on any atom is -0.444 e. The van der Waals surface area contributed by atoms with Gasteiger partial charge < -0.3 is 19.3 Å². The number of rotatable bonds is 4. The average molecular weight is 774 g/mol. The Labute approximate surface area is 285 Å². The molecule has 252 valence electrons. The fourth-order valence-electron chi connectivity index (χ4n) is 4.43. The third-order valence-electron chi connectivity index (χ3n) is 6.69.